The van der Waals surface area contributed by atoms with Crippen molar-refractivity contribution in [1.82, 2.24) is 14.9 Å². The van der Waals surface area contributed by atoms with Gasteiger partial charge in [0.05, 0.1) is 20.3 Å². The van der Waals surface area contributed by atoms with Crippen molar-refractivity contribution in [1.29, 1.82) is 0 Å². The number of ether oxygens (including phenoxy) is 3. The lowest BCUT2D eigenvalue weighted by Crippen LogP contribution is -2.59. The maximum Gasteiger partial charge on any atom is 0.253 e. The van der Waals surface area contributed by atoms with Crippen LogP contribution >= 0.6 is 0 Å². The molecule has 34 heavy (non-hydrogen) atoms. The molecule has 4 rings (SSSR count). The number of hydrogen-bond donors (Lipinski definition) is 0. The zero-order valence-corrected chi connectivity index (χ0v) is 20.6. The number of nitrogens with zero attached hydrogens (tertiary/aromatic N) is 4. The molecule has 1 amide bonds. The van der Waals surface area contributed by atoms with Gasteiger partial charge >= 0.3 is 0 Å². The van der Waals surface area contributed by atoms with Gasteiger partial charge in [-0.25, -0.2) is 19.9 Å². The summed E-state index contributed by atoms with van der Waals surface area (Å²) >= 11 is 0. The molecule has 9 heteroatoms. The molecule has 2 fully saturated rings. The molecule has 1 atom stereocenters. The Bertz CT molecular complexity index is 987. The highest BCUT2D eigenvalue weighted by atomic mass is 16.8. The van der Waals surface area contributed by atoms with Crippen LogP contribution in [-0.4, -0.2) is 73.1 Å². The van der Waals surface area contributed by atoms with Gasteiger partial charge in [-0.2, -0.15) is 0 Å². The standard InChI is InChI=1S/C25H34N4O5/c1-24(2,3)20-8-7-18(15-21(20)32-5)22(30)28-13-9-25(10-14-28)33-19(17-31-4)16-29(34-25)23-26-11-6-12-27-23/h6-8,11-12,15,19H,9-10,13-14,16-17H2,1-5H3. The molecule has 0 bridgehead atoms. The second kappa shape index (κ2) is 9.85. The fourth-order valence-corrected chi connectivity index (χ4v) is 4.49. The van der Waals surface area contributed by atoms with Crippen LogP contribution in [0.4, 0.5) is 5.95 Å². The first-order chi connectivity index (χ1) is 16.2. The quantitative estimate of drug-likeness (QED) is 0.659. The highest BCUT2D eigenvalue weighted by Crippen LogP contribution is 2.36. The van der Waals surface area contributed by atoms with Gasteiger partial charge in [-0.15, -0.1) is 0 Å². The highest BCUT2D eigenvalue weighted by molar-refractivity contribution is 5.95. The number of aromatic nitrogens is 2. The first-order valence-electron chi connectivity index (χ1n) is 11.6. The molecule has 1 spiro atoms. The van der Waals surface area contributed by atoms with Crippen LogP contribution in [0.5, 0.6) is 5.75 Å². The number of hydroxylamine groups is 1. The molecule has 2 aliphatic rings. The Hall–Kier alpha value is -2.75. The first-order valence-corrected chi connectivity index (χ1v) is 11.6. The van der Waals surface area contributed by atoms with E-state index in [0.29, 0.717) is 50.6 Å². The Balaban J connectivity index is 1.47. The third-order valence-electron chi connectivity index (χ3n) is 6.22. The summed E-state index contributed by atoms with van der Waals surface area (Å²) in [5.74, 6) is 0.328. The molecule has 0 radical (unpaired) electrons. The van der Waals surface area contributed by atoms with Crippen LogP contribution in [0.15, 0.2) is 36.7 Å². The van der Waals surface area contributed by atoms with Crippen LogP contribution in [0.1, 0.15) is 49.5 Å². The number of benzene rings is 1. The monoisotopic (exact) mass is 470 g/mol. The fraction of sp³-hybridized carbons (Fsp3) is 0.560. The molecular formula is C25H34N4O5. The van der Waals surface area contributed by atoms with Crippen LogP contribution in [0, 0.1) is 0 Å². The number of amides is 1. The van der Waals surface area contributed by atoms with Gasteiger partial charge in [-0.3, -0.25) is 4.79 Å². The maximum atomic E-state index is 13.3. The van der Waals surface area contributed by atoms with Crippen molar-refractivity contribution in [3.8, 4) is 5.75 Å². The van der Waals surface area contributed by atoms with E-state index >= 15 is 0 Å². The van der Waals surface area contributed by atoms with Gasteiger partial charge < -0.3 is 19.1 Å². The van der Waals surface area contributed by atoms with Crippen molar-refractivity contribution >= 4 is 11.9 Å². The third kappa shape index (κ3) is 5.16. The van der Waals surface area contributed by atoms with Gasteiger partial charge in [0.1, 0.15) is 11.9 Å². The first kappa shape index (κ1) is 24.4. The number of likely N-dealkylation sites (tertiary alicyclic amines) is 1. The molecule has 9 nitrogen and oxygen atoms in total. The Kier molecular flexibility index (Phi) is 7.06. The molecule has 2 aromatic rings. The molecule has 0 aliphatic carbocycles. The van der Waals surface area contributed by atoms with E-state index in [-0.39, 0.29) is 17.4 Å². The van der Waals surface area contributed by atoms with E-state index in [1.165, 1.54) is 0 Å². The van der Waals surface area contributed by atoms with Crippen LogP contribution in [0.2, 0.25) is 0 Å². The van der Waals surface area contributed by atoms with Crippen molar-refractivity contribution < 1.29 is 23.8 Å². The van der Waals surface area contributed by atoms with E-state index in [9.17, 15) is 4.79 Å². The molecule has 2 aliphatic heterocycles. The molecular weight excluding hydrogens is 436 g/mol. The maximum absolute atomic E-state index is 13.3. The van der Waals surface area contributed by atoms with Gasteiger partial charge in [0.25, 0.3) is 5.91 Å². The summed E-state index contributed by atoms with van der Waals surface area (Å²) in [5.41, 5.74) is 1.61. The van der Waals surface area contributed by atoms with E-state index in [0.717, 1.165) is 11.3 Å². The molecule has 3 heterocycles. The Labute approximate surface area is 200 Å². The number of methoxy groups -OCH3 is 2. The summed E-state index contributed by atoms with van der Waals surface area (Å²) in [7, 11) is 3.29. The second-order valence-corrected chi connectivity index (χ2v) is 9.76. The van der Waals surface area contributed by atoms with E-state index in [1.54, 1.807) is 37.7 Å². The molecule has 1 aromatic carbocycles. The van der Waals surface area contributed by atoms with Crippen LogP contribution in [0.25, 0.3) is 0 Å². The predicted octanol–water partition coefficient (Wildman–Crippen LogP) is 3.20. The van der Waals surface area contributed by atoms with Crippen LogP contribution in [-0.2, 0) is 19.7 Å². The Morgan fingerprint density at radius 3 is 2.50 bits per heavy atom. The fourth-order valence-electron chi connectivity index (χ4n) is 4.49. The SMILES string of the molecule is COCC1CN(c2ncccn2)OC2(CCN(C(=O)c3ccc(C(C)(C)C)c(OC)c3)CC2)O1. The largest absolute Gasteiger partial charge is 0.496 e. The van der Waals surface area contributed by atoms with Gasteiger partial charge in [0.2, 0.25) is 5.95 Å². The Morgan fingerprint density at radius 1 is 1.18 bits per heavy atom. The predicted molar refractivity (Wildman–Crippen MR) is 127 cm³/mol. The lowest BCUT2D eigenvalue weighted by molar-refractivity contribution is -0.314. The van der Waals surface area contributed by atoms with E-state index in [4.69, 9.17) is 19.0 Å². The summed E-state index contributed by atoms with van der Waals surface area (Å²) in [6.45, 7) is 8.28. The van der Waals surface area contributed by atoms with Crippen LogP contribution in [0.3, 0.4) is 0 Å². The number of anilines is 1. The van der Waals surface area contributed by atoms with Gasteiger partial charge in [-0.1, -0.05) is 26.8 Å². The normalized spacial score (nSPS) is 20.4. The number of carbonyl (C=O) groups excluding carboxylic acids is 1. The van der Waals surface area contributed by atoms with Crippen molar-refractivity contribution in [3.05, 3.63) is 47.8 Å². The van der Waals surface area contributed by atoms with E-state index in [1.807, 2.05) is 23.1 Å². The smallest absolute Gasteiger partial charge is 0.253 e. The number of piperidine rings is 1. The van der Waals surface area contributed by atoms with Crippen molar-refractivity contribution in [3.63, 3.8) is 0 Å². The van der Waals surface area contributed by atoms with E-state index in [2.05, 4.69) is 30.7 Å². The summed E-state index contributed by atoms with van der Waals surface area (Å²) in [6, 6.07) is 7.47. The minimum atomic E-state index is -0.856. The molecule has 2 saturated heterocycles. The molecule has 0 saturated carbocycles. The summed E-state index contributed by atoms with van der Waals surface area (Å²) < 4.78 is 17.3. The number of carbonyl (C=O) groups is 1. The molecule has 184 valence electrons. The number of rotatable bonds is 5. The van der Waals surface area contributed by atoms with Crippen molar-refractivity contribution in [2.24, 2.45) is 0 Å². The average molecular weight is 471 g/mol. The summed E-state index contributed by atoms with van der Waals surface area (Å²) in [5, 5.41) is 1.68. The van der Waals surface area contributed by atoms with Gasteiger partial charge in [0, 0.05) is 51.0 Å². The average Bonchev–Trinajstić information content (AvgIpc) is 2.83. The van der Waals surface area contributed by atoms with Crippen molar-refractivity contribution in [2.45, 2.75) is 50.9 Å². The lowest BCUT2D eigenvalue weighted by Gasteiger charge is -2.48. The second-order valence-electron chi connectivity index (χ2n) is 9.76. The summed E-state index contributed by atoms with van der Waals surface area (Å²) in [6.07, 6.45) is 4.22. The van der Waals surface area contributed by atoms with Crippen LogP contribution < -0.4 is 9.80 Å². The van der Waals surface area contributed by atoms with E-state index < -0.39 is 5.79 Å². The topological polar surface area (TPSA) is 86.3 Å². The Morgan fingerprint density at radius 2 is 1.88 bits per heavy atom. The zero-order chi connectivity index (χ0) is 24.3. The minimum Gasteiger partial charge on any atom is -0.496 e. The lowest BCUT2D eigenvalue weighted by atomic mass is 9.85. The molecule has 1 aromatic heterocycles. The minimum absolute atomic E-state index is 0.0268. The summed E-state index contributed by atoms with van der Waals surface area (Å²) in [4.78, 5) is 30.0. The molecule has 1 unspecified atom stereocenters. The van der Waals surface area contributed by atoms with Gasteiger partial charge in [0.15, 0.2) is 5.79 Å². The highest BCUT2D eigenvalue weighted by Gasteiger charge is 2.46. The zero-order valence-electron chi connectivity index (χ0n) is 20.6. The number of hydrogen-bond acceptors (Lipinski definition) is 8. The molecule has 0 N–H and O–H groups in total. The third-order valence-corrected chi connectivity index (χ3v) is 6.22. The van der Waals surface area contributed by atoms with Gasteiger partial charge in [-0.05, 0) is 29.2 Å². The van der Waals surface area contributed by atoms with Crippen molar-refractivity contribution in [2.75, 3.05) is 45.5 Å².